The van der Waals surface area contributed by atoms with Gasteiger partial charge in [-0.2, -0.15) is 0 Å². The number of carbonyl (C=O) groups excluding carboxylic acids is 1. The number of carbonyl (C=O) groups is 1. The molecule has 0 aliphatic carbocycles. The van der Waals surface area contributed by atoms with E-state index in [-0.39, 0.29) is 19.1 Å². The molecule has 0 radical (unpaired) electrons. The van der Waals surface area contributed by atoms with Crippen molar-refractivity contribution >= 4 is 5.91 Å². The van der Waals surface area contributed by atoms with Gasteiger partial charge in [0.15, 0.2) is 28.8 Å². The number of amides is 1. The highest BCUT2D eigenvalue weighted by Gasteiger charge is 2.16. The third-order valence-corrected chi connectivity index (χ3v) is 4.65. The van der Waals surface area contributed by atoms with Crippen molar-refractivity contribution in [2.75, 3.05) is 20.0 Å². The van der Waals surface area contributed by atoms with Gasteiger partial charge in [-0.25, -0.2) is 0 Å². The third kappa shape index (κ3) is 3.69. The highest BCUT2D eigenvalue weighted by Crippen LogP contribution is 2.35. The van der Waals surface area contributed by atoms with Crippen LogP contribution in [0, 0.1) is 0 Å². The fourth-order valence-electron chi connectivity index (χ4n) is 3.21. The Hall–Kier alpha value is -3.68. The van der Waals surface area contributed by atoms with Gasteiger partial charge in [0.2, 0.25) is 12.7 Å². The SMILES string of the molecule is O=C(Cc1cc(-c2ccc3c(c2)OCCO3)on1)NCc1ccc2c(c1)OCO2. The lowest BCUT2D eigenvalue weighted by Crippen LogP contribution is -2.24. The molecule has 0 spiro atoms. The van der Waals surface area contributed by atoms with Crippen LogP contribution in [0.4, 0.5) is 0 Å². The summed E-state index contributed by atoms with van der Waals surface area (Å²) in [5, 5.41) is 6.88. The van der Waals surface area contributed by atoms with Crippen LogP contribution >= 0.6 is 0 Å². The van der Waals surface area contributed by atoms with E-state index < -0.39 is 0 Å². The molecule has 3 aromatic rings. The Kier molecular flexibility index (Phi) is 4.44. The molecule has 0 fully saturated rings. The van der Waals surface area contributed by atoms with Crippen molar-refractivity contribution in [3.63, 3.8) is 0 Å². The predicted molar refractivity (Wildman–Crippen MR) is 101 cm³/mol. The number of hydrogen-bond acceptors (Lipinski definition) is 7. The third-order valence-electron chi connectivity index (χ3n) is 4.65. The van der Waals surface area contributed by atoms with Gasteiger partial charge < -0.3 is 28.8 Å². The average Bonchev–Trinajstić information content (AvgIpc) is 3.41. The lowest BCUT2D eigenvalue weighted by molar-refractivity contribution is -0.120. The van der Waals surface area contributed by atoms with E-state index in [0.717, 1.165) is 11.1 Å². The van der Waals surface area contributed by atoms with Gasteiger partial charge in [0.05, 0.1) is 12.1 Å². The molecule has 148 valence electrons. The van der Waals surface area contributed by atoms with E-state index in [0.29, 0.717) is 54.2 Å². The molecule has 0 atom stereocenters. The molecule has 5 rings (SSSR count). The molecule has 1 amide bonds. The summed E-state index contributed by atoms with van der Waals surface area (Å²) < 4.78 is 27.1. The van der Waals surface area contributed by atoms with E-state index in [1.54, 1.807) is 6.07 Å². The van der Waals surface area contributed by atoms with Crippen LogP contribution in [-0.2, 0) is 17.8 Å². The molecule has 2 aliphatic heterocycles. The zero-order chi connectivity index (χ0) is 19.6. The maximum absolute atomic E-state index is 12.3. The molecule has 1 aromatic heterocycles. The topological polar surface area (TPSA) is 92.1 Å². The molecule has 8 heteroatoms. The maximum atomic E-state index is 12.3. The van der Waals surface area contributed by atoms with Crippen molar-refractivity contribution in [1.82, 2.24) is 10.5 Å². The van der Waals surface area contributed by atoms with Crippen molar-refractivity contribution in [3.8, 4) is 34.3 Å². The van der Waals surface area contributed by atoms with Crippen LogP contribution < -0.4 is 24.3 Å². The smallest absolute Gasteiger partial charge is 0.231 e. The summed E-state index contributed by atoms with van der Waals surface area (Å²) in [7, 11) is 0. The van der Waals surface area contributed by atoms with Gasteiger partial charge in [0.1, 0.15) is 13.2 Å². The molecule has 0 saturated heterocycles. The first-order valence-electron chi connectivity index (χ1n) is 9.25. The molecular weight excluding hydrogens is 376 g/mol. The predicted octanol–water partition coefficient (Wildman–Crippen LogP) is 2.70. The van der Waals surface area contributed by atoms with Crippen molar-refractivity contribution in [2.45, 2.75) is 13.0 Å². The van der Waals surface area contributed by atoms with Crippen LogP contribution in [-0.4, -0.2) is 31.1 Å². The lowest BCUT2D eigenvalue weighted by Gasteiger charge is -2.18. The monoisotopic (exact) mass is 394 g/mol. The van der Waals surface area contributed by atoms with Crippen LogP contribution in [0.1, 0.15) is 11.3 Å². The standard InChI is InChI=1S/C21H18N2O6/c24-21(22-11-13-1-3-17-19(7-13)28-12-27-17)10-15-9-18(29-23-15)14-2-4-16-20(8-14)26-6-5-25-16/h1-4,7-9H,5-6,10-12H2,(H,22,24). The second-order valence-corrected chi connectivity index (χ2v) is 6.68. The number of nitrogens with zero attached hydrogens (tertiary/aromatic N) is 1. The van der Waals surface area contributed by atoms with E-state index >= 15 is 0 Å². The molecule has 2 aromatic carbocycles. The molecule has 0 bridgehead atoms. The first-order chi connectivity index (χ1) is 14.2. The summed E-state index contributed by atoms with van der Waals surface area (Å²) in [6.45, 7) is 1.67. The first kappa shape index (κ1) is 17.4. The van der Waals surface area contributed by atoms with Crippen molar-refractivity contribution < 1.29 is 28.3 Å². The minimum absolute atomic E-state index is 0.124. The van der Waals surface area contributed by atoms with Gasteiger partial charge in [-0.1, -0.05) is 11.2 Å². The summed E-state index contributed by atoms with van der Waals surface area (Å²) in [4.78, 5) is 12.3. The number of hydrogen-bond donors (Lipinski definition) is 1. The fourth-order valence-corrected chi connectivity index (χ4v) is 3.21. The Morgan fingerprint density at radius 3 is 2.59 bits per heavy atom. The number of ether oxygens (including phenoxy) is 4. The maximum Gasteiger partial charge on any atom is 0.231 e. The number of fused-ring (bicyclic) bond motifs is 2. The minimum Gasteiger partial charge on any atom is -0.486 e. The molecule has 2 aliphatic rings. The van der Waals surface area contributed by atoms with Gasteiger partial charge in [0, 0.05) is 18.2 Å². The zero-order valence-corrected chi connectivity index (χ0v) is 15.5. The average molecular weight is 394 g/mol. The summed E-state index contributed by atoms with van der Waals surface area (Å²) in [6, 6.07) is 12.9. The summed E-state index contributed by atoms with van der Waals surface area (Å²) in [5.41, 5.74) is 2.30. The second-order valence-electron chi connectivity index (χ2n) is 6.68. The molecular formula is C21H18N2O6. The van der Waals surface area contributed by atoms with Crippen LogP contribution in [0.5, 0.6) is 23.0 Å². The quantitative estimate of drug-likeness (QED) is 0.711. The molecule has 3 heterocycles. The number of benzene rings is 2. The highest BCUT2D eigenvalue weighted by molar-refractivity contribution is 5.78. The Morgan fingerprint density at radius 2 is 1.66 bits per heavy atom. The molecule has 1 N–H and O–H groups in total. The Morgan fingerprint density at radius 1 is 0.897 bits per heavy atom. The molecule has 29 heavy (non-hydrogen) atoms. The van der Waals surface area contributed by atoms with Crippen LogP contribution in [0.25, 0.3) is 11.3 Å². The first-order valence-corrected chi connectivity index (χ1v) is 9.25. The van der Waals surface area contributed by atoms with Crippen molar-refractivity contribution in [1.29, 1.82) is 0 Å². The van der Waals surface area contributed by atoms with Gasteiger partial charge in [-0.3, -0.25) is 4.79 Å². The second kappa shape index (κ2) is 7.38. The van der Waals surface area contributed by atoms with E-state index in [2.05, 4.69) is 10.5 Å². The van der Waals surface area contributed by atoms with Gasteiger partial charge in [0.25, 0.3) is 0 Å². The van der Waals surface area contributed by atoms with Gasteiger partial charge in [-0.15, -0.1) is 0 Å². The zero-order valence-electron chi connectivity index (χ0n) is 15.5. The van der Waals surface area contributed by atoms with E-state index in [1.165, 1.54) is 0 Å². The molecule has 0 unspecified atom stereocenters. The van der Waals surface area contributed by atoms with Crippen LogP contribution in [0.15, 0.2) is 47.0 Å². The van der Waals surface area contributed by atoms with Gasteiger partial charge >= 0.3 is 0 Å². The Balaban J connectivity index is 1.20. The Bertz CT molecular complexity index is 1060. The van der Waals surface area contributed by atoms with Crippen molar-refractivity contribution in [3.05, 3.63) is 53.7 Å². The lowest BCUT2D eigenvalue weighted by atomic mass is 10.1. The number of rotatable bonds is 5. The van der Waals surface area contributed by atoms with Crippen LogP contribution in [0.3, 0.4) is 0 Å². The summed E-state index contributed by atoms with van der Waals surface area (Å²) in [5.74, 6) is 3.22. The highest BCUT2D eigenvalue weighted by atomic mass is 16.7. The number of nitrogens with one attached hydrogen (secondary N) is 1. The Labute approximate surface area is 166 Å². The molecule has 8 nitrogen and oxygen atoms in total. The van der Waals surface area contributed by atoms with Crippen molar-refractivity contribution in [2.24, 2.45) is 0 Å². The van der Waals surface area contributed by atoms with E-state index in [1.807, 2.05) is 36.4 Å². The largest absolute Gasteiger partial charge is 0.486 e. The minimum atomic E-state index is -0.148. The molecule has 0 saturated carbocycles. The summed E-state index contributed by atoms with van der Waals surface area (Å²) in [6.07, 6.45) is 0.124. The van der Waals surface area contributed by atoms with Crippen LogP contribution in [0.2, 0.25) is 0 Å². The van der Waals surface area contributed by atoms with E-state index in [9.17, 15) is 4.79 Å². The fraction of sp³-hybridized carbons (Fsp3) is 0.238. The summed E-state index contributed by atoms with van der Waals surface area (Å²) >= 11 is 0. The van der Waals surface area contributed by atoms with Gasteiger partial charge in [-0.05, 0) is 35.9 Å². The number of aromatic nitrogens is 1. The normalized spacial score (nSPS) is 13.9. The van der Waals surface area contributed by atoms with E-state index in [4.69, 9.17) is 23.5 Å².